The molecule has 0 heteroatoms. The van der Waals surface area contributed by atoms with E-state index in [2.05, 4.69) is 125 Å². The summed E-state index contributed by atoms with van der Waals surface area (Å²) in [6, 6.07) is 21.6. The van der Waals surface area contributed by atoms with Crippen molar-refractivity contribution in [1.29, 1.82) is 0 Å². The molecule has 0 nitrogen and oxygen atoms in total. The van der Waals surface area contributed by atoms with Gasteiger partial charge in [0.15, 0.2) is 0 Å². The van der Waals surface area contributed by atoms with E-state index in [-0.39, 0.29) is 5.41 Å². The van der Waals surface area contributed by atoms with Crippen LogP contribution in [0.2, 0.25) is 0 Å². The van der Waals surface area contributed by atoms with Gasteiger partial charge in [-0.1, -0.05) is 79.4 Å². The normalized spacial score (nSPS) is 13.0. The number of rotatable bonds is 2. The van der Waals surface area contributed by atoms with Gasteiger partial charge in [0.25, 0.3) is 0 Å². The zero-order valence-electron chi connectivity index (χ0n) is 17.5. The van der Waals surface area contributed by atoms with Crippen LogP contribution in [-0.4, -0.2) is 0 Å². The van der Waals surface area contributed by atoms with E-state index < -0.39 is 0 Å². The maximum Gasteiger partial charge on any atom is 0.0811 e. The first-order valence-electron chi connectivity index (χ1n) is 9.53. The predicted octanol–water partition coefficient (Wildman–Crippen LogP) is 8.15. The molecule has 3 rings (SSSR count). The average molecular weight is 373 g/mol. The highest BCUT2D eigenvalue weighted by Crippen LogP contribution is 2.37. The maximum atomic E-state index is 3.62. The minimum absolute atomic E-state index is 0.122. The second-order valence-corrected chi connectivity index (χ2v) is 5.50. The highest BCUT2D eigenvalue weighted by molar-refractivity contribution is 5.48. The summed E-state index contributed by atoms with van der Waals surface area (Å²) < 4.78 is 0. The van der Waals surface area contributed by atoms with Crippen LogP contribution in [0, 0.1) is 11.8 Å². The zero-order valence-corrected chi connectivity index (χ0v) is 17.5. The second-order valence-electron chi connectivity index (χ2n) is 5.50. The van der Waals surface area contributed by atoms with Crippen LogP contribution in [0.15, 0.2) is 113 Å². The highest BCUT2D eigenvalue weighted by Gasteiger charge is 2.32. The van der Waals surface area contributed by atoms with Crippen LogP contribution in [0.3, 0.4) is 0 Å². The molecule has 0 spiro atoms. The topological polar surface area (TPSA) is 0 Å². The molecule has 0 heterocycles. The summed E-state index contributed by atoms with van der Waals surface area (Å²) in [5.41, 5.74) is 2.55. The quantitative estimate of drug-likeness (QED) is 0.368. The number of hydrogen-bond donors (Lipinski definition) is 0. The Balaban J connectivity index is 0. The minimum Gasteiger partial charge on any atom is -0.106 e. The number of benzene rings is 2. The van der Waals surface area contributed by atoms with Gasteiger partial charge in [-0.2, -0.15) is 0 Å². The van der Waals surface area contributed by atoms with Gasteiger partial charge < -0.3 is 0 Å². The van der Waals surface area contributed by atoms with Crippen molar-refractivity contribution in [3.8, 4) is 11.8 Å². The molecule has 0 unspecified atom stereocenters. The molecule has 0 amide bonds. The summed E-state index contributed by atoms with van der Waals surface area (Å²) in [5.74, 6) is 7.04. The van der Waals surface area contributed by atoms with Gasteiger partial charge in [0.2, 0.25) is 0 Å². The Morgan fingerprint density at radius 1 is 0.571 bits per heavy atom. The van der Waals surface area contributed by atoms with E-state index in [4.69, 9.17) is 0 Å². The molecule has 0 saturated heterocycles. The van der Waals surface area contributed by atoms with E-state index in [9.17, 15) is 0 Å². The summed E-state index contributed by atoms with van der Waals surface area (Å²) in [4.78, 5) is 0. The lowest BCUT2D eigenvalue weighted by Crippen LogP contribution is -2.26. The summed E-state index contributed by atoms with van der Waals surface area (Å²) >= 11 is 0. The van der Waals surface area contributed by atoms with Crippen molar-refractivity contribution in [3.05, 3.63) is 124 Å². The van der Waals surface area contributed by atoms with Gasteiger partial charge in [-0.3, -0.25) is 0 Å². The molecule has 1 aliphatic rings. The van der Waals surface area contributed by atoms with Crippen molar-refractivity contribution in [3.63, 3.8) is 0 Å². The van der Waals surface area contributed by atoms with E-state index in [0.29, 0.717) is 0 Å². The fourth-order valence-corrected chi connectivity index (χ4v) is 3.10. The molecule has 0 atom stereocenters. The summed E-state index contributed by atoms with van der Waals surface area (Å²) in [5, 5.41) is 0. The average Bonchev–Trinajstić information content (AvgIpc) is 2.81. The largest absolute Gasteiger partial charge is 0.106 e. The van der Waals surface area contributed by atoms with Crippen LogP contribution >= 0.6 is 0 Å². The zero-order chi connectivity index (χ0) is 21.7. The smallest absolute Gasteiger partial charge is 0.0811 e. The van der Waals surface area contributed by atoms with Gasteiger partial charge in [0.05, 0.1) is 5.41 Å². The molecule has 0 bridgehead atoms. The van der Waals surface area contributed by atoms with Gasteiger partial charge in [-0.05, 0) is 24.0 Å². The van der Waals surface area contributed by atoms with Crippen LogP contribution in [0.1, 0.15) is 43.2 Å². The lowest BCUT2D eigenvalue weighted by atomic mass is 9.71. The Morgan fingerprint density at radius 2 is 1.00 bits per heavy atom. The first kappa shape index (κ1) is 27.2. The third-order valence-corrected chi connectivity index (χ3v) is 4.19. The van der Waals surface area contributed by atoms with Crippen LogP contribution in [0.5, 0.6) is 0 Å². The maximum absolute atomic E-state index is 3.62. The lowest BCUT2D eigenvalue weighted by Gasteiger charge is -2.31. The van der Waals surface area contributed by atoms with E-state index in [1.54, 1.807) is 0 Å². The molecule has 2 aromatic rings. The molecule has 2 aromatic carbocycles. The minimum atomic E-state index is -0.122. The Kier molecular flexibility index (Phi) is 18.2. The molecule has 0 fully saturated rings. The first-order chi connectivity index (χ1) is 13.9. The van der Waals surface area contributed by atoms with Gasteiger partial charge in [-0.15, -0.1) is 58.6 Å². The predicted molar refractivity (Wildman–Crippen MR) is 130 cm³/mol. The number of hydrogen-bond acceptors (Lipinski definition) is 0. The summed E-state index contributed by atoms with van der Waals surface area (Å²) in [6.45, 7) is 24.0. The molecule has 0 N–H and O–H groups in total. The van der Waals surface area contributed by atoms with Crippen molar-refractivity contribution in [1.82, 2.24) is 0 Å². The van der Waals surface area contributed by atoms with Crippen LogP contribution in [0.4, 0.5) is 0 Å². The fraction of sp³-hybridized carbons (Fsp3) is 0.214. The molecule has 1 aliphatic carbocycles. The third kappa shape index (κ3) is 8.11. The Hall–Kier alpha value is -3.04. The van der Waals surface area contributed by atoms with E-state index in [1.165, 1.54) is 30.4 Å². The molecule has 28 heavy (non-hydrogen) atoms. The van der Waals surface area contributed by atoms with Gasteiger partial charge in [-0.25, -0.2) is 0 Å². The molecule has 148 valence electrons. The summed E-state index contributed by atoms with van der Waals surface area (Å²) in [7, 11) is 0. The molecule has 0 radical (unpaired) electrons. The molecule has 0 saturated carbocycles. The Labute approximate surface area is 174 Å². The van der Waals surface area contributed by atoms with Crippen LogP contribution in [-0.2, 0) is 5.41 Å². The second kappa shape index (κ2) is 18.7. The monoisotopic (exact) mass is 372 g/mol. The van der Waals surface area contributed by atoms with Crippen LogP contribution < -0.4 is 0 Å². The third-order valence-electron chi connectivity index (χ3n) is 4.19. The van der Waals surface area contributed by atoms with Crippen molar-refractivity contribution in [2.45, 2.75) is 37.5 Å². The standard InChI is InChI=1S/C20H20.4C2H4/c1-2-10-16-20(17-11-3-1,18-12-6-4-7-13-18)19-14-8-5-9-15-19;4*1-2/h4-9,12-15H,1-3,10,16H2;4*1-2H2. The Bertz CT molecular complexity index is 610. The Morgan fingerprint density at radius 3 is 1.43 bits per heavy atom. The first-order valence-corrected chi connectivity index (χ1v) is 9.53. The van der Waals surface area contributed by atoms with Gasteiger partial charge in [0, 0.05) is 6.42 Å². The van der Waals surface area contributed by atoms with E-state index >= 15 is 0 Å². The summed E-state index contributed by atoms with van der Waals surface area (Å²) in [6.07, 6.45) is 5.93. The van der Waals surface area contributed by atoms with Crippen molar-refractivity contribution in [2.75, 3.05) is 0 Å². The fourth-order valence-electron chi connectivity index (χ4n) is 3.10. The molecule has 0 aromatic heterocycles. The van der Waals surface area contributed by atoms with Crippen molar-refractivity contribution in [2.24, 2.45) is 0 Å². The molecular formula is C28H36. The molecule has 0 aliphatic heterocycles. The lowest BCUT2D eigenvalue weighted by molar-refractivity contribution is 0.531. The van der Waals surface area contributed by atoms with E-state index in [0.717, 1.165) is 12.8 Å². The van der Waals surface area contributed by atoms with Crippen molar-refractivity contribution < 1.29 is 0 Å². The van der Waals surface area contributed by atoms with Gasteiger partial charge >= 0.3 is 0 Å². The van der Waals surface area contributed by atoms with E-state index in [1.807, 2.05) is 0 Å². The molecular weight excluding hydrogens is 336 g/mol. The van der Waals surface area contributed by atoms with Crippen molar-refractivity contribution >= 4 is 0 Å². The van der Waals surface area contributed by atoms with Gasteiger partial charge in [0.1, 0.15) is 0 Å². The SMILES string of the molecule is C1#CC(c2ccccc2)(c2ccccc2)CCCCC1.C=C.C=C.C=C.C=C. The highest BCUT2D eigenvalue weighted by atomic mass is 14.3. The van der Waals surface area contributed by atoms with Crippen LogP contribution in [0.25, 0.3) is 0 Å².